The molecule has 5 nitrogen and oxygen atoms in total. The van der Waals surface area contributed by atoms with Crippen molar-refractivity contribution in [2.75, 3.05) is 13.1 Å². The fourth-order valence-corrected chi connectivity index (χ4v) is 5.35. The van der Waals surface area contributed by atoms with Gasteiger partial charge in [0.15, 0.2) is 11.2 Å². The lowest BCUT2D eigenvalue weighted by molar-refractivity contribution is -0.136. The van der Waals surface area contributed by atoms with Crippen molar-refractivity contribution in [3.05, 3.63) is 76.6 Å². The second-order valence-electron chi connectivity index (χ2n) is 8.82. The fraction of sp³-hybridized carbons (Fsp3) is 0.370. The lowest BCUT2D eigenvalue weighted by Gasteiger charge is -2.34. The van der Waals surface area contributed by atoms with Crippen LogP contribution < -0.4 is 5.32 Å². The molecular weight excluding hydrogens is 430 g/mol. The van der Waals surface area contributed by atoms with E-state index in [9.17, 15) is 9.59 Å². The number of carbonyl (C=O) groups excluding carboxylic acids is 2. The maximum absolute atomic E-state index is 13.5. The van der Waals surface area contributed by atoms with E-state index in [1.807, 2.05) is 48.7 Å². The molecule has 0 bridgehead atoms. The molecule has 33 heavy (non-hydrogen) atoms. The van der Waals surface area contributed by atoms with Crippen LogP contribution in [-0.2, 0) is 21.5 Å². The Labute approximate surface area is 199 Å². The predicted octanol–water partition coefficient (Wildman–Crippen LogP) is 4.83. The molecule has 1 saturated heterocycles. The topological polar surface area (TPSA) is 62.3 Å². The lowest BCUT2D eigenvalue weighted by Crippen LogP contribution is -2.53. The van der Waals surface area contributed by atoms with Gasteiger partial charge in [0.05, 0.1) is 5.69 Å². The summed E-state index contributed by atoms with van der Waals surface area (Å²) in [6.45, 7) is 6.31. The SMILES string of the molecule is CCC(=O)C(C)(C(=O)NC1CCN(Cc2ccccc2)CC1)c1nc(-c2ccccc2)cs1. The first kappa shape index (κ1) is 23.3. The molecule has 0 radical (unpaired) electrons. The van der Waals surface area contributed by atoms with Crippen LogP contribution in [-0.4, -0.2) is 40.7 Å². The Kier molecular flexibility index (Phi) is 7.36. The van der Waals surface area contributed by atoms with E-state index >= 15 is 0 Å². The minimum atomic E-state index is -1.27. The highest BCUT2D eigenvalue weighted by Crippen LogP contribution is 2.33. The molecule has 3 aromatic rings. The molecule has 1 atom stereocenters. The van der Waals surface area contributed by atoms with Crippen LogP contribution in [0.1, 0.15) is 43.7 Å². The number of aromatic nitrogens is 1. The molecule has 1 N–H and O–H groups in total. The van der Waals surface area contributed by atoms with Gasteiger partial charge >= 0.3 is 0 Å². The normalized spacial score (nSPS) is 16.8. The van der Waals surface area contributed by atoms with Crippen molar-refractivity contribution in [3.63, 3.8) is 0 Å². The number of nitrogens with zero attached hydrogens (tertiary/aromatic N) is 2. The number of hydrogen-bond donors (Lipinski definition) is 1. The van der Waals surface area contributed by atoms with E-state index in [0.29, 0.717) is 11.4 Å². The van der Waals surface area contributed by atoms with Gasteiger partial charge in [-0.15, -0.1) is 11.3 Å². The van der Waals surface area contributed by atoms with Crippen LogP contribution in [0.15, 0.2) is 66.0 Å². The van der Waals surface area contributed by atoms with Crippen molar-refractivity contribution in [3.8, 4) is 11.3 Å². The second kappa shape index (κ2) is 10.4. The van der Waals surface area contributed by atoms with Crippen LogP contribution >= 0.6 is 11.3 Å². The maximum Gasteiger partial charge on any atom is 0.240 e. The Bertz CT molecular complexity index is 1080. The molecule has 1 unspecified atom stereocenters. The van der Waals surface area contributed by atoms with Crippen molar-refractivity contribution >= 4 is 23.0 Å². The summed E-state index contributed by atoms with van der Waals surface area (Å²) in [4.78, 5) is 33.6. The largest absolute Gasteiger partial charge is 0.352 e. The Morgan fingerprint density at radius 3 is 2.33 bits per heavy atom. The third-order valence-electron chi connectivity index (χ3n) is 6.51. The predicted molar refractivity (Wildman–Crippen MR) is 133 cm³/mol. The summed E-state index contributed by atoms with van der Waals surface area (Å²) >= 11 is 1.39. The van der Waals surface area contributed by atoms with Crippen molar-refractivity contribution in [2.24, 2.45) is 0 Å². The fourth-order valence-electron chi connectivity index (χ4n) is 4.35. The first-order valence-corrected chi connectivity index (χ1v) is 12.5. The third kappa shape index (κ3) is 5.23. The number of thiazole rings is 1. The van der Waals surface area contributed by atoms with Crippen LogP contribution in [0.4, 0.5) is 0 Å². The summed E-state index contributed by atoms with van der Waals surface area (Å²) in [5.74, 6) is -0.333. The van der Waals surface area contributed by atoms with Gasteiger partial charge in [0.1, 0.15) is 5.01 Å². The van der Waals surface area contributed by atoms with Crippen molar-refractivity contribution in [1.82, 2.24) is 15.2 Å². The lowest BCUT2D eigenvalue weighted by atomic mass is 9.83. The zero-order valence-electron chi connectivity index (χ0n) is 19.3. The van der Waals surface area contributed by atoms with Gasteiger partial charge in [-0.2, -0.15) is 0 Å². The summed E-state index contributed by atoms with van der Waals surface area (Å²) in [6, 6.07) is 20.4. The van der Waals surface area contributed by atoms with Gasteiger partial charge in [-0.05, 0) is 25.3 Å². The minimum Gasteiger partial charge on any atom is -0.352 e. The molecule has 1 aliphatic heterocycles. The van der Waals surface area contributed by atoms with Crippen LogP contribution in [0.2, 0.25) is 0 Å². The number of hydrogen-bond acceptors (Lipinski definition) is 5. The smallest absolute Gasteiger partial charge is 0.240 e. The van der Waals surface area contributed by atoms with E-state index in [4.69, 9.17) is 4.98 Å². The first-order chi connectivity index (χ1) is 16.0. The van der Waals surface area contributed by atoms with Gasteiger partial charge in [0, 0.05) is 43.0 Å². The molecule has 1 amide bonds. The van der Waals surface area contributed by atoms with Gasteiger partial charge in [-0.1, -0.05) is 67.6 Å². The van der Waals surface area contributed by atoms with E-state index in [1.165, 1.54) is 16.9 Å². The summed E-state index contributed by atoms with van der Waals surface area (Å²) < 4.78 is 0. The van der Waals surface area contributed by atoms with Crippen LogP contribution in [0, 0.1) is 0 Å². The Hall–Kier alpha value is -2.83. The molecule has 6 heteroatoms. The number of carbonyl (C=O) groups is 2. The highest BCUT2D eigenvalue weighted by atomic mass is 32.1. The van der Waals surface area contributed by atoms with E-state index < -0.39 is 5.41 Å². The summed E-state index contributed by atoms with van der Waals surface area (Å²) in [5, 5.41) is 5.68. The van der Waals surface area contributed by atoms with E-state index in [0.717, 1.165) is 43.7 Å². The maximum atomic E-state index is 13.5. The monoisotopic (exact) mass is 461 g/mol. The molecular formula is C27H31N3O2S. The van der Waals surface area contributed by atoms with Crippen molar-refractivity contribution < 1.29 is 9.59 Å². The van der Waals surface area contributed by atoms with E-state index in [2.05, 4.69) is 34.5 Å². The summed E-state index contributed by atoms with van der Waals surface area (Å²) in [7, 11) is 0. The van der Waals surface area contributed by atoms with Crippen LogP contribution in [0.3, 0.4) is 0 Å². The molecule has 0 saturated carbocycles. The molecule has 172 valence electrons. The molecule has 0 spiro atoms. The van der Waals surface area contributed by atoms with E-state index in [1.54, 1.807) is 6.92 Å². The quantitative estimate of drug-likeness (QED) is 0.488. The molecule has 1 aromatic heterocycles. The van der Waals surface area contributed by atoms with Gasteiger partial charge in [-0.25, -0.2) is 4.98 Å². The molecule has 2 heterocycles. The standard InChI is InChI=1S/C27H31N3O2S/c1-3-24(31)27(2,26-29-23(19-33-26)21-12-8-5-9-13-21)25(32)28-22-14-16-30(17-15-22)18-20-10-6-4-7-11-20/h4-13,19,22H,3,14-18H2,1-2H3,(H,28,32). The highest BCUT2D eigenvalue weighted by molar-refractivity contribution is 7.10. The van der Waals surface area contributed by atoms with E-state index in [-0.39, 0.29) is 17.7 Å². The molecule has 1 aliphatic rings. The Morgan fingerprint density at radius 2 is 1.70 bits per heavy atom. The first-order valence-electron chi connectivity index (χ1n) is 11.6. The van der Waals surface area contributed by atoms with Crippen molar-refractivity contribution in [1.29, 1.82) is 0 Å². The van der Waals surface area contributed by atoms with Gasteiger partial charge in [0.25, 0.3) is 0 Å². The van der Waals surface area contributed by atoms with Crippen molar-refractivity contribution in [2.45, 2.75) is 51.1 Å². The van der Waals surface area contributed by atoms with Gasteiger partial charge in [-0.3, -0.25) is 14.5 Å². The van der Waals surface area contributed by atoms with Crippen LogP contribution in [0.25, 0.3) is 11.3 Å². The number of amides is 1. The zero-order chi connectivity index (χ0) is 23.3. The zero-order valence-corrected chi connectivity index (χ0v) is 20.1. The summed E-state index contributed by atoms with van der Waals surface area (Å²) in [5.41, 5.74) is 1.82. The van der Waals surface area contributed by atoms with Gasteiger partial charge < -0.3 is 5.32 Å². The Balaban J connectivity index is 1.43. The van der Waals surface area contributed by atoms with Gasteiger partial charge in [0.2, 0.25) is 5.91 Å². The molecule has 1 fully saturated rings. The summed E-state index contributed by atoms with van der Waals surface area (Å²) in [6.07, 6.45) is 2.05. The molecule has 2 aromatic carbocycles. The number of benzene rings is 2. The molecule has 0 aliphatic carbocycles. The Morgan fingerprint density at radius 1 is 1.06 bits per heavy atom. The number of likely N-dealkylation sites (tertiary alicyclic amines) is 1. The number of piperidine rings is 1. The number of ketones is 1. The highest BCUT2D eigenvalue weighted by Gasteiger charge is 2.45. The average molecular weight is 462 g/mol. The number of rotatable bonds is 8. The molecule has 4 rings (SSSR count). The average Bonchev–Trinajstić information content (AvgIpc) is 3.36. The number of nitrogens with one attached hydrogen (secondary N) is 1. The van der Waals surface area contributed by atoms with Crippen LogP contribution in [0.5, 0.6) is 0 Å². The number of Topliss-reactive ketones (excluding diaryl/α,β-unsaturated/α-hetero) is 1. The minimum absolute atomic E-state index is 0.0714. The second-order valence-corrected chi connectivity index (χ2v) is 9.67. The third-order valence-corrected chi connectivity index (χ3v) is 7.57.